The average Bonchev–Trinajstić information content (AvgIpc) is 2.54. The van der Waals surface area contributed by atoms with Crippen molar-refractivity contribution in [2.24, 2.45) is 0 Å². The molecule has 0 amide bonds. The van der Waals surface area contributed by atoms with Crippen LogP contribution in [0.1, 0.15) is 11.1 Å². The summed E-state index contributed by atoms with van der Waals surface area (Å²) < 4.78 is 27.3. The molecule has 0 bridgehead atoms. The van der Waals surface area contributed by atoms with Gasteiger partial charge in [-0.05, 0) is 37.1 Å². The van der Waals surface area contributed by atoms with Crippen molar-refractivity contribution in [3.05, 3.63) is 72.3 Å². The van der Waals surface area contributed by atoms with Crippen LogP contribution in [-0.4, -0.2) is 15.0 Å². The fourth-order valence-electron chi connectivity index (χ4n) is 2.30. The molecule has 3 nitrogen and oxygen atoms in total. The normalized spacial score (nSPS) is 10.8. The zero-order valence-electron chi connectivity index (χ0n) is 13.1. The Morgan fingerprint density at radius 2 is 1.83 bits per heavy atom. The second kappa shape index (κ2) is 7.17. The Balaban J connectivity index is 2.56. The molecule has 0 radical (unpaired) electrons. The molecule has 2 rings (SSSR count). The van der Waals surface area contributed by atoms with Crippen LogP contribution in [0.3, 0.4) is 0 Å². The first-order chi connectivity index (χ1) is 11.0. The molecule has 23 heavy (non-hydrogen) atoms. The Morgan fingerprint density at radius 3 is 2.43 bits per heavy atom. The molecule has 2 aromatic rings. The zero-order valence-corrected chi connectivity index (χ0v) is 13.9. The van der Waals surface area contributed by atoms with E-state index in [4.69, 9.17) is 6.42 Å². The molecule has 0 fully saturated rings. The molecule has 0 saturated heterocycles. The molecule has 118 valence electrons. The van der Waals surface area contributed by atoms with Gasteiger partial charge in [-0.1, -0.05) is 47.9 Å². The summed E-state index contributed by atoms with van der Waals surface area (Å²) in [5, 5.41) is 0. The van der Waals surface area contributed by atoms with Crippen molar-refractivity contribution in [1.29, 1.82) is 0 Å². The molecule has 0 atom stereocenters. The molecule has 0 aliphatic rings. The molecule has 0 N–H and O–H groups in total. The zero-order chi connectivity index (χ0) is 16.9. The number of sulfonamides is 1. The van der Waals surface area contributed by atoms with E-state index in [-0.39, 0.29) is 11.4 Å². The largest absolute Gasteiger partial charge is 0.265 e. The van der Waals surface area contributed by atoms with E-state index in [1.807, 2.05) is 19.1 Å². The summed E-state index contributed by atoms with van der Waals surface area (Å²) in [5.74, 6) is 2.44. The molecule has 0 heterocycles. The van der Waals surface area contributed by atoms with E-state index in [9.17, 15) is 8.42 Å². The summed E-state index contributed by atoms with van der Waals surface area (Å²) in [6.45, 7) is 5.61. The highest BCUT2D eigenvalue weighted by Crippen LogP contribution is 2.27. The van der Waals surface area contributed by atoms with Gasteiger partial charge in [-0.25, -0.2) is 8.42 Å². The van der Waals surface area contributed by atoms with E-state index < -0.39 is 10.0 Å². The Bertz CT molecular complexity index is 830. The van der Waals surface area contributed by atoms with E-state index in [0.717, 1.165) is 11.1 Å². The monoisotopic (exact) mass is 325 g/mol. The van der Waals surface area contributed by atoms with Gasteiger partial charge in [0.25, 0.3) is 10.0 Å². The lowest BCUT2D eigenvalue weighted by molar-refractivity contribution is 0.593. The fraction of sp³-hybridized carbons (Fsp3) is 0.158. The number of aryl methyl sites for hydroxylation is 1. The maximum absolute atomic E-state index is 13.0. The quantitative estimate of drug-likeness (QED) is 0.601. The maximum atomic E-state index is 13.0. The van der Waals surface area contributed by atoms with Gasteiger partial charge in [0.1, 0.15) is 0 Å². The van der Waals surface area contributed by atoms with Crippen molar-refractivity contribution in [1.82, 2.24) is 0 Å². The van der Waals surface area contributed by atoms with Gasteiger partial charge in [-0.3, -0.25) is 4.31 Å². The summed E-state index contributed by atoms with van der Waals surface area (Å²) in [6.07, 6.45) is 7.72. The predicted molar refractivity (Wildman–Crippen MR) is 94.9 cm³/mol. The van der Waals surface area contributed by atoms with Crippen molar-refractivity contribution in [3.63, 3.8) is 0 Å². The highest BCUT2D eigenvalue weighted by molar-refractivity contribution is 7.92. The summed E-state index contributed by atoms with van der Waals surface area (Å²) in [5.41, 5.74) is 2.46. The second-order valence-electron chi connectivity index (χ2n) is 5.15. The Morgan fingerprint density at radius 1 is 1.17 bits per heavy atom. The van der Waals surface area contributed by atoms with E-state index in [1.165, 1.54) is 4.31 Å². The Kier molecular flexibility index (Phi) is 5.25. The first-order valence-electron chi connectivity index (χ1n) is 7.22. The maximum Gasteiger partial charge on any atom is 0.265 e. The number of allylic oxidation sites excluding steroid dienone is 1. The number of nitrogens with zero attached hydrogens (tertiary/aromatic N) is 1. The number of para-hydroxylation sites is 1. The lowest BCUT2D eigenvalue weighted by Gasteiger charge is -2.24. The molecule has 0 unspecified atom stereocenters. The Labute approximate surface area is 138 Å². The third-order valence-corrected chi connectivity index (χ3v) is 5.24. The van der Waals surface area contributed by atoms with Crippen LogP contribution in [-0.2, 0) is 16.4 Å². The smallest absolute Gasteiger partial charge is 0.254 e. The fourth-order valence-corrected chi connectivity index (χ4v) is 3.72. The molecule has 0 aliphatic carbocycles. The second-order valence-corrected chi connectivity index (χ2v) is 7.01. The minimum absolute atomic E-state index is 0.0234. The van der Waals surface area contributed by atoms with E-state index in [1.54, 1.807) is 42.5 Å². The van der Waals surface area contributed by atoms with Crippen molar-refractivity contribution in [2.75, 3.05) is 10.8 Å². The minimum atomic E-state index is -3.72. The summed E-state index contributed by atoms with van der Waals surface area (Å²) in [6, 6.07) is 14.1. The average molecular weight is 325 g/mol. The highest BCUT2D eigenvalue weighted by Gasteiger charge is 2.25. The number of terminal acetylenes is 1. The van der Waals surface area contributed by atoms with Gasteiger partial charge in [0.15, 0.2) is 0 Å². The Hall–Kier alpha value is -2.51. The number of rotatable bonds is 6. The van der Waals surface area contributed by atoms with Gasteiger partial charge >= 0.3 is 0 Å². The van der Waals surface area contributed by atoms with Crippen molar-refractivity contribution < 1.29 is 8.42 Å². The molecule has 0 aliphatic heterocycles. The lowest BCUT2D eigenvalue weighted by Crippen LogP contribution is -2.32. The third kappa shape index (κ3) is 3.64. The lowest BCUT2D eigenvalue weighted by atomic mass is 10.1. The van der Waals surface area contributed by atoms with E-state index in [0.29, 0.717) is 12.1 Å². The van der Waals surface area contributed by atoms with Gasteiger partial charge in [0, 0.05) is 0 Å². The molecular formula is C19H19NO2S. The molecule has 0 aromatic heterocycles. The molecular weight excluding hydrogens is 306 g/mol. The van der Waals surface area contributed by atoms with E-state index in [2.05, 4.69) is 12.5 Å². The topological polar surface area (TPSA) is 37.4 Å². The van der Waals surface area contributed by atoms with Gasteiger partial charge < -0.3 is 0 Å². The third-order valence-electron chi connectivity index (χ3n) is 3.47. The predicted octanol–water partition coefficient (Wildman–Crippen LogP) is 3.55. The van der Waals surface area contributed by atoms with Crippen molar-refractivity contribution >= 4 is 15.7 Å². The summed E-state index contributed by atoms with van der Waals surface area (Å²) >= 11 is 0. The molecule has 2 aromatic carbocycles. The van der Waals surface area contributed by atoms with Crippen LogP contribution in [0.4, 0.5) is 5.69 Å². The number of anilines is 1. The van der Waals surface area contributed by atoms with Gasteiger partial charge in [0.05, 0.1) is 17.1 Å². The van der Waals surface area contributed by atoms with Gasteiger partial charge in [0.2, 0.25) is 0 Å². The van der Waals surface area contributed by atoms with Crippen molar-refractivity contribution in [3.8, 4) is 12.3 Å². The SMILES string of the molecule is C#CCN(c1ccccc1CC=C)S(=O)(=O)c1ccc(C)cc1. The van der Waals surface area contributed by atoms with E-state index >= 15 is 0 Å². The number of hydrogen-bond acceptors (Lipinski definition) is 2. The summed E-state index contributed by atoms with van der Waals surface area (Å²) in [4.78, 5) is 0.228. The molecule has 0 saturated carbocycles. The van der Waals surface area contributed by atoms with Crippen LogP contribution in [0, 0.1) is 19.3 Å². The summed E-state index contributed by atoms with van der Waals surface area (Å²) in [7, 11) is -3.72. The first kappa shape index (κ1) is 16.9. The van der Waals surface area contributed by atoms with Crippen LogP contribution in [0.2, 0.25) is 0 Å². The number of benzene rings is 2. The first-order valence-corrected chi connectivity index (χ1v) is 8.66. The highest BCUT2D eigenvalue weighted by atomic mass is 32.2. The number of hydrogen-bond donors (Lipinski definition) is 0. The standard InChI is InChI=1S/C19H19NO2S/c1-4-8-17-9-6-7-10-19(17)20(15-5-2)23(21,22)18-13-11-16(3)12-14-18/h2,4,6-7,9-14H,1,8,15H2,3H3. The van der Waals surface area contributed by atoms with Crippen LogP contribution < -0.4 is 4.31 Å². The van der Waals surface area contributed by atoms with Crippen LogP contribution >= 0.6 is 0 Å². The van der Waals surface area contributed by atoms with Crippen LogP contribution in [0.15, 0.2) is 66.1 Å². The molecule has 4 heteroatoms. The minimum Gasteiger partial charge on any atom is -0.254 e. The van der Waals surface area contributed by atoms with Gasteiger partial charge in [-0.2, -0.15) is 0 Å². The van der Waals surface area contributed by atoms with Crippen LogP contribution in [0.5, 0.6) is 0 Å². The van der Waals surface area contributed by atoms with Crippen molar-refractivity contribution in [2.45, 2.75) is 18.2 Å². The van der Waals surface area contributed by atoms with Crippen LogP contribution in [0.25, 0.3) is 0 Å². The molecule has 0 spiro atoms. The van der Waals surface area contributed by atoms with Gasteiger partial charge in [-0.15, -0.1) is 13.0 Å².